The van der Waals surface area contributed by atoms with E-state index in [-0.39, 0.29) is 0 Å². The molecule has 0 N–H and O–H groups in total. The minimum atomic E-state index is 0.430. The van der Waals surface area contributed by atoms with Crippen molar-refractivity contribution >= 4 is 18.8 Å². The molecule has 0 amide bonds. The van der Waals surface area contributed by atoms with E-state index in [2.05, 4.69) is 6.58 Å². The van der Waals surface area contributed by atoms with Crippen LogP contribution in [0.25, 0.3) is 0 Å². The van der Waals surface area contributed by atoms with Crippen LogP contribution in [0, 0.1) is 0 Å². The van der Waals surface area contributed by atoms with E-state index in [9.17, 15) is 0 Å². The first-order valence-corrected chi connectivity index (χ1v) is 11.1. The van der Waals surface area contributed by atoms with Gasteiger partial charge in [0.1, 0.15) is 0 Å². The van der Waals surface area contributed by atoms with Gasteiger partial charge in [0.2, 0.25) is 0 Å². The van der Waals surface area contributed by atoms with Crippen LogP contribution in [0.2, 0.25) is 6.04 Å². The van der Waals surface area contributed by atoms with Crippen LogP contribution in [0.5, 0.6) is 0 Å². The van der Waals surface area contributed by atoms with Crippen molar-refractivity contribution in [2.75, 3.05) is 13.2 Å². The molecular formula is C8H20OSi2. The van der Waals surface area contributed by atoms with Crippen molar-refractivity contribution in [1.29, 1.82) is 0 Å². The molecular weight excluding hydrogens is 168 g/mol. The van der Waals surface area contributed by atoms with Gasteiger partial charge in [-0.15, -0.1) is 0 Å². The van der Waals surface area contributed by atoms with Crippen LogP contribution in [0.3, 0.4) is 0 Å². The van der Waals surface area contributed by atoms with Crippen molar-refractivity contribution in [3.63, 3.8) is 0 Å². The molecule has 0 aromatic rings. The Balaban J connectivity index is 2.85. The Morgan fingerprint density at radius 2 is 2.27 bits per heavy atom. The Labute approximate surface area is 75.3 Å². The molecule has 1 nitrogen and oxygen atoms in total. The lowest BCUT2D eigenvalue weighted by Crippen LogP contribution is -1.98. The molecule has 0 aliphatic heterocycles. The van der Waals surface area contributed by atoms with Crippen LogP contribution in [-0.2, 0) is 4.74 Å². The molecule has 0 rings (SSSR count). The van der Waals surface area contributed by atoms with Gasteiger partial charge in [-0.1, -0.05) is 24.6 Å². The summed E-state index contributed by atoms with van der Waals surface area (Å²) in [6, 6.07) is 1.53. The van der Waals surface area contributed by atoms with Gasteiger partial charge in [0.25, 0.3) is 0 Å². The summed E-state index contributed by atoms with van der Waals surface area (Å²) in [6.45, 7) is 7.46. The average Bonchev–Trinajstić information content (AvgIpc) is 1.96. The van der Waals surface area contributed by atoms with E-state index in [1.54, 1.807) is 0 Å². The largest absolute Gasteiger partial charge is 0.377 e. The molecule has 0 atom stereocenters. The minimum Gasteiger partial charge on any atom is -0.377 e. The van der Waals surface area contributed by atoms with Gasteiger partial charge in [0, 0.05) is 15.6 Å². The van der Waals surface area contributed by atoms with E-state index < -0.39 is 0 Å². The molecule has 0 unspecified atom stereocenters. The molecule has 0 bridgehead atoms. The van der Waals surface area contributed by atoms with Gasteiger partial charge >= 0.3 is 0 Å². The zero-order chi connectivity index (χ0) is 8.53. The maximum atomic E-state index is 5.37. The van der Waals surface area contributed by atoms with Gasteiger partial charge in [-0.05, 0) is 23.1 Å². The number of hydrogen-bond donors (Lipinski definition) is 0. The average molecular weight is 188 g/mol. The highest BCUT2D eigenvalue weighted by molar-refractivity contribution is 6.89. The van der Waals surface area contributed by atoms with Crippen molar-refractivity contribution in [1.82, 2.24) is 0 Å². The smallest absolute Gasteiger partial charge is 0.0671 e. The predicted octanol–water partition coefficient (Wildman–Crippen LogP) is 0.227. The fourth-order valence-corrected chi connectivity index (χ4v) is 3.23. The van der Waals surface area contributed by atoms with E-state index in [4.69, 9.17) is 4.74 Å². The van der Waals surface area contributed by atoms with Crippen LogP contribution >= 0.6 is 0 Å². The summed E-state index contributed by atoms with van der Waals surface area (Å²) in [6.07, 6.45) is 2.65. The van der Waals surface area contributed by atoms with Gasteiger partial charge in [-0.3, -0.25) is 0 Å². The Kier molecular flexibility index (Phi) is 8.33. The second-order valence-corrected chi connectivity index (χ2v) is 7.78. The van der Waals surface area contributed by atoms with Crippen molar-refractivity contribution in [2.24, 2.45) is 0 Å². The molecule has 0 saturated heterocycles. The van der Waals surface area contributed by atoms with Gasteiger partial charge in [-0.2, -0.15) is 0 Å². The molecule has 66 valence electrons. The second kappa shape index (κ2) is 8.23. The molecule has 0 aromatic heterocycles. The number of hydrogen-bond acceptors (Lipinski definition) is 1. The molecule has 3 heteroatoms. The van der Waals surface area contributed by atoms with Crippen LogP contribution in [0.4, 0.5) is 0 Å². The molecule has 0 radical (unpaired) electrons. The summed E-state index contributed by atoms with van der Waals surface area (Å²) in [5.74, 6) is 0. The molecule has 0 spiro atoms. The van der Waals surface area contributed by atoms with Crippen LogP contribution in [0.1, 0.15) is 19.8 Å². The highest BCUT2D eigenvalue weighted by Crippen LogP contribution is 1.96. The number of unbranched alkanes of at least 4 members (excludes halogenated alkanes) is 1. The molecule has 11 heavy (non-hydrogen) atoms. The normalized spacial score (nSPS) is 11.4. The van der Waals surface area contributed by atoms with Gasteiger partial charge in [0.05, 0.1) is 6.61 Å². The molecule has 0 heterocycles. The molecule has 0 saturated carbocycles. The summed E-state index contributed by atoms with van der Waals surface area (Å²) in [7, 11) is 1.92. The highest BCUT2D eigenvalue weighted by Gasteiger charge is 1.89. The predicted molar refractivity (Wildman–Crippen MR) is 58.2 cm³/mol. The van der Waals surface area contributed by atoms with Crippen molar-refractivity contribution < 1.29 is 4.74 Å². The van der Waals surface area contributed by atoms with Gasteiger partial charge < -0.3 is 4.74 Å². The minimum absolute atomic E-state index is 0.430. The van der Waals surface area contributed by atoms with E-state index >= 15 is 0 Å². The van der Waals surface area contributed by atoms with E-state index in [0.29, 0.717) is 9.04 Å². The first-order chi connectivity index (χ1) is 5.27. The molecule has 0 aromatic carbocycles. The maximum Gasteiger partial charge on any atom is 0.0671 e. The molecule has 0 aliphatic carbocycles. The second-order valence-electron chi connectivity index (χ2n) is 3.07. The Bertz CT molecular complexity index is 104. The fraction of sp³-hybridized carbons (Fsp3) is 0.750. The third-order valence-electron chi connectivity index (χ3n) is 1.49. The third-order valence-corrected chi connectivity index (χ3v) is 4.82. The van der Waals surface area contributed by atoms with Crippen molar-refractivity contribution in [3.8, 4) is 0 Å². The lowest BCUT2D eigenvalue weighted by atomic mass is 10.3. The monoisotopic (exact) mass is 188 g/mol. The third kappa shape index (κ3) is 10.1. The number of rotatable bonds is 7. The lowest BCUT2D eigenvalue weighted by molar-refractivity contribution is 0.153. The quantitative estimate of drug-likeness (QED) is 0.316. The molecule has 0 aliphatic rings. The van der Waals surface area contributed by atoms with Crippen LogP contribution < -0.4 is 0 Å². The Morgan fingerprint density at radius 3 is 2.82 bits per heavy atom. The topological polar surface area (TPSA) is 9.23 Å². The lowest BCUT2D eigenvalue weighted by Gasteiger charge is -2.02. The van der Waals surface area contributed by atoms with Gasteiger partial charge in [0.15, 0.2) is 0 Å². The van der Waals surface area contributed by atoms with E-state index in [1.165, 1.54) is 28.6 Å². The summed E-state index contributed by atoms with van der Waals surface area (Å²) >= 11 is 0. The molecule has 0 fully saturated rings. The van der Waals surface area contributed by atoms with Crippen LogP contribution in [0.15, 0.2) is 12.2 Å². The number of ether oxygens (including phenoxy) is 1. The van der Waals surface area contributed by atoms with Gasteiger partial charge in [-0.25, -0.2) is 0 Å². The zero-order valence-electron chi connectivity index (χ0n) is 7.86. The standard InChI is InChI=1S/C8H20OSi2/c1-8(2)7-9-5-3-4-6-11-10/h1,3-7,11H2,2,10H3. The first kappa shape index (κ1) is 11.1. The van der Waals surface area contributed by atoms with Crippen LogP contribution in [-0.4, -0.2) is 32.0 Å². The fourth-order valence-electron chi connectivity index (χ4n) is 0.877. The Morgan fingerprint density at radius 1 is 1.55 bits per heavy atom. The van der Waals surface area contributed by atoms with Crippen molar-refractivity contribution in [3.05, 3.63) is 12.2 Å². The summed E-state index contributed by atoms with van der Waals surface area (Å²) in [5.41, 5.74) is 1.13. The van der Waals surface area contributed by atoms with Crippen molar-refractivity contribution in [2.45, 2.75) is 25.8 Å². The summed E-state index contributed by atoms with van der Waals surface area (Å²) < 4.78 is 5.37. The highest BCUT2D eigenvalue weighted by atomic mass is 29.1. The SMILES string of the molecule is C=C(C)COCCCC[SiH2][SiH3]. The zero-order valence-corrected chi connectivity index (χ0v) is 11.3. The van der Waals surface area contributed by atoms with E-state index in [1.807, 2.05) is 6.92 Å². The Hall–Kier alpha value is 0.134. The summed E-state index contributed by atoms with van der Waals surface area (Å²) in [5, 5.41) is 0. The first-order valence-electron chi connectivity index (χ1n) is 4.49. The summed E-state index contributed by atoms with van der Waals surface area (Å²) in [4.78, 5) is 0. The maximum absolute atomic E-state index is 5.37. The van der Waals surface area contributed by atoms with E-state index in [0.717, 1.165) is 18.8 Å².